The van der Waals surface area contributed by atoms with Crippen LogP contribution in [0, 0.1) is 6.92 Å². The van der Waals surface area contributed by atoms with Crippen molar-refractivity contribution < 1.29 is 17.6 Å². The molecule has 1 aliphatic rings. The molecular formula is C14H14F3N3O. The zero-order valence-electron chi connectivity index (χ0n) is 11.4. The smallest absolute Gasteiger partial charge is 0.416 e. The molecule has 1 aliphatic heterocycles. The van der Waals surface area contributed by atoms with Gasteiger partial charge in [0.15, 0.2) is 0 Å². The maximum atomic E-state index is 13.1. The number of aromatic nitrogens is 2. The van der Waals surface area contributed by atoms with Crippen LogP contribution in [0.3, 0.4) is 0 Å². The Hall–Kier alpha value is -2.05. The summed E-state index contributed by atoms with van der Waals surface area (Å²) in [5.74, 6) is 0.865. The lowest BCUT2D eigenvalue weighted by Crippen LogP contribution is -2.30. The molecule has 0 saturated heterocycles. The molecule has 1 aromatic heterocycles. The Bertz CT molecular complexity index is 651. The lowest BCUT2D eigenvalue weighted by Gasteiger charge is -2.31. The summed E-state index contributed by atoms with van der Waals surface area (Å²) in [6.45, 7) is 2.69. The van der Waals surface area contributed by atoms with E-state index in [0.29, 0.717) is 49.0 Å². The van der Waals surface area contributed by atoms with Crippen LogP contribution in [0.15, 0.2) is 22.6 Å². The summed E-state index contributed by atoms with van der Waals surface area (Å²) in [4.78, 5) is 1.86. The Kier molecular flexibility index (Phi) is 3.35. The van der Waals surface area contributed by atoms with Crippen LogP contribution < -0.4 is 4.90 Å². The minimum atomic E-state index is -4.32. The Labute approximate surface area is 119 Å². The second-order valence-electron chi connectivity index (χ2n) is 5.04. The van der Waals surface area contributed by atoms with Crippen LogP contribution in [0.2, 0.25) is 0 Å². The molecule has 1 aromatic carbocycles. The minimum absolute atomic E-state index is 0.329. The molecule has 0 spiro atoms. The van der Waals surface area contributed by atoms with Crippen molar-refractivity contribution in [3.05, 3.63) is 41.1 Å². The van der Waals surface area contributed by atoms with Gasteiger partial charge in [0.2, 0.25) is 11.8 Å². The van der Waals surface area contributed by atoms with Crippen molar-refractivity contribution in [3.63, 3.8) is 0 Å². The van der Waals surface area contributed by atoms with Gasteiger partial charge < -0.3 is 9.32 Å². The van der Waals surface area contributed by atoms with Crippen LogP contribution in [-0.2, 0) is 19.1 Å². The van der Waals surface area contributed by atoms with Gasteiger partial charge in [0, 0.05) is 19.2 Å². The molecule has 2 aromatic rings. The monoisotopic (exact) mass is 297 g/mol. The van der Waals surface area contributed by atoms with Gasteiger partial charge in [-0.25, -0.2) is 0 Å². The molecule has 21 heavy (non-hydrogen) atoms. The van der Waals surface area contributed by atoms with Gasteiger partial charge in [-0.05, 0) is 30.5 Å². The molecule has 0 N–H and O–H groups in total. The zero-order valence-corrected chi connectivity index (χ0v) is 11.4. The van der Waals surface area contributed by atoms with E-state index in [1.54, 1.807) is 13.0 Å². The molecule has 2 heterocycles. The lowest BCUT2D eigenvalue weighted by atomic mass is 9.96. The highest BCUT2D eigenvalue weighted by Gasteiger charge is 2.35. The van der Waals surface area contributed by atoms with Crippen molar-refractivity contribution in [1.29, 1.82) is 0 Å². The third kappa shape index (κ3) is 2.72. The molecule has 0 amide bonds. The standard InChI is InChI=1S/C14H14F3N3O/c1-9-18-19-13(21-9)8-20-7-3-4-10-11(14(15,16)17)5-2-6-12(10)20/h2,5-6H,3-4,7-8H2,1H3. The van der Waals surface area contributed by atoms with Gasteiger partial charge in [-0.3, -0.25) is 0 Å². The summed E-state index contributed by atoms with van der Waals surface area (Å²) in [6, 6.07) is 4.30. The summed E-state index contributed by atoms with van der Waals surface area (Å²) in [6.07, 6.45) is -3.22. The first kappa shape index (κ1) is 13.9. The van der Waals surface area contributed by atoms with Crippen LogP contribution in [0.4, 0.5) is 18.9 Å². The summed E-state index contributed by atoms with van der Waals surface area (Å²) in [5, 5.41) is 7.64. The molecule has 4 nitrogen and oxygen atoms in total. The second kappa shape index (κ2) is 5.05. The van der Waals surface area contributed by atoms with E-state index in [1.807, 2.05) is 4.90 Å². The Morgan fingerprint density at radius 3 is 2.76 bits per heavy atom. The van der Waals surface area contributed by atoms with Crippen molar-refractivity contribution in [2.24, 2.45) is 0 Å². The number of hydrogen-bond donors (Lipinski definition) is 0. The molecule has 0 bridgehead atoms. The van der Waals surface area contributed by atoms with Crippen LogP contribution in [0.25, 0.3) is 0 Å². The fourth-order valence-corrected chi connectivity index (χ4v) is 2.70. The highest BCUT2D eigenvalue weighted by Crippen LogP contribution is 2.39. The predicted molar refractivity (Wildman–Crippen MR) is 69.9 cm³/mol. The van der Waals surface area contributed by atoms with E-state index >= 15 is 0 Å². The number of anilines is 1. The number of hydrogen-bond acceptors (Lipinski definition) is 4. The van der Waals surface area contributed by atoms with Crippen molar-refractivity contribution in [2.75, 3.05) is 11.4 Å². The normalized spacial score (nSPS) is 15.1. The van der Waals surface area contributed by atoms with E-state index in [1.165, 1.54) is 6.07 Å². The number of rotatable bonds is 2. The topological polar surface area (TPSA) is 42.2 Å². The lowest BCUT2D eigenvalue weighted by molar-refractivity contribution is -0.138. The van der Waals surface area contributed by atoms with Crippen molar-refractivity contribution in [3.8, 4) is 0 Å². The molecule has 3 rings (SSSR count). The largest absolute Gasteiger partial charge is 0.424 e. The third-order valence-corrected chi connectivity index (χ3v) is 3.55. The van der Waals surface area contributed by atoms with Gasteiger partial charge in [0.05, 0.1) is 12.1 Å². The minimum Gasteiger partial charge on any atom is -0.424 e. The number of nitrogens with zero attached hydrogens (tertiary/aromatic N) is 3. The number of halogens is 3. The van der Waals surface area contributed by atoms with E-state index < -0.39 is 11.7 Å². The fourth-order valence-electron chi connectivity index (χ4n) is 2.70. The summed E-state index contributed by atoms with van der Waals surface area (Å²) >= 11 is 0. The molecule has 112 valence electrons. The fraction of sp³-hybridized carbons (Fsp3) is 0.429. The molecule has 0 atom stereocenters. The zero-order chi connectivity index (χ0) is 15.0. The Morgan fingerprint density at radius 1 is 1.29 bits per heavy atom. The van der Waals surface area contributed by atoms with Gasteiger partial charge in [-0.2, -0.15) is 13.2 Å². The van der Waals surface area contributed by atoms with Crippen LogP contribution >= 0.6 is 0 Å². The first-order valence-electron chi connectivity index (χ1n) is 6.68. The molecular weight excluding hydrogens is 283 g/mol. The highest BCUT2D eigenvalue weighted by atomic mass is 19.4. The van der Waals surface area contributed by atoms with Gasteiger partial charge in [0.1, 0.15) is 0 Å². The Balaban J connectivity index is 1.95. The number of fused-ring (bicyclic) bond motifs is 1. The number of alkyl halides is 3. The first-order chi connectivity index (χ1) is 9.95. The highest BCUT2D eigenvalue weighted by molar-refractivity contribution is 5.59. The van der Waals surface area contributed by atoms with E-state index in [-0.39, 0.29) is 0 Å². The predicted octanol–water partition coefficient (Wildman–Crippen LogP) is 3.35. The average Bonchev–Trinajstić information content (AvgIpc) is 2.83. The maximum Gasteiger partial charge on any atom is 0.416 e. The van der Waals surface area contributed by atoms with E-state index in [2.05, 4.69) is 10.2 Å². The van der Waals surface area contributed by atoms with Gasteiger partial charge >= 0.3 is 6.18 Å². The maximum absolute atomic E-state index is 13.1. The average molecular weight is 297 g/mol. The second-order valence-corrected chi connectivity index (χ2v) is 5.04. The summed E-state index contributed by atoms with van der Waals surface area (Å²) in [7, 11) is 0. The molecule has 0 unspecified atom stereocenters. The number of aryl methyl sites for hydroxylation is 1. The van der Waals surface area contributed by atoms with E-state index in [9.17, 15) is 13.2 Å². The third-order valence-electron chi connectivity index (χ3n) is 3.55. The molecule has 0 aliphatic carbocycles. The van der Waals surface area contributed by atoms with Gasteiger partial charge in [-0.15, -0.1) is 10.2 Å². The van der Waals surface area contributed by atoms with Crippen LogP contribution in [0.1, 0.15) is 29.3 Å². The van der Waals surface area contributed by atoms with Crippen LogP contribution in [-0.4, -0.2) is 16.7 Å². The SMILES string of the molecule is Cc1nnc(CN2CCCc3c2cccc3C(F)(F)F)o1. The van der Waals surface area contributed by atoms with Gasteiger partial charge in [-0.1, -0.05) is 6.07 Å². The van der Waals surface area contributed by atoms with Crippen molar-refractivity contribution >= 4 is 5.69 Å². The van der Waals surface area contributed by atoms with Crippen LogP contribution in [0.5, 0.6) is 0 Å². The van der Waals surface area contributed by atoms with E-state index in [0.717, 1.165) is 6.07 Å². The molecule has 0 saturated carbocycles. The van der Waals surface area contributed by atoms with Crippen molar-refractivity contribution in [2.45, 2.75) is 32.5 Å². The molecule has 0 radical (unpaired) electrons. The quantitative estimate of drug-likeness (QED) is 0.852. The van der Waals surface area contributed by atoms with Crippen molar-refractivity contribution in [1.82, 2.24) is 10.2 Å². The van der Waals surface area contributed by atoms with E-state index in [4.69, 9.17) is 4.42 Å². The van der Waals surface area contributed by atoms with Gasteiger partial charge in [0.25, 0.3) is 0 Å². The Morgan fingerprint density at radius 2 is 2.10 bits per heavy atom. The number of benzene rings is 1. The summed E-state index contributed by atoms with van der Waals surface area (Å²) < 4.78 is 44.5. The molecule has 0 fully saturated rings. The summed E-state index contributed by atoms with van der Waals surface area (Å²) in [5.41, 5.74) is 0.408. The molecule has 7 heteroatoms. The first-order valence-corrected chi connectivity index (χ1v) is 6.68.